The van der Waals surface area contributed by atoms with Gasteiger partial charge in [-0.25, -0.2) is 0 Å². The standard InChI is InChI=1S/C22H31BrO4/c1-15(8-6-9-17-12-20(23)26-14-17)18(25)13-19-21(3,4)10-7-11-22(19,5)27-16(2)24/h8,12,14,19H,6-7,9-11,13H2,1-5H3. The van der Waals surface area contributed by atoms with Crippen molar-refractivity contribution in [3.8, 4) is 0 Å². The molecule has 0 amide bonds. The van der Waals surface area contributed by atoms with Gasteiger partial charge in [0.05, 0.1) is 6.26 Å². The summed E-state index contributed by atoms with van der Waals surface area (Å²) in [5.74, 6) is -0.115. The Balaban J connectivity index is 2.05. The molecule has 1 fully saturated rings. The number of halogens is 1. The van der Waals surface area contributed by atoms with Gasteiger partial charge in [0.1, 0.15) is 5.60 Å². The van der Waals surface area contributed by atoms with Crippen LogP contribution < -0.4 is 0 Å². The van der Waals surface area contributed by atoms with Gasteiger partial charge in [-0.1, -0.05) is 19.9 Å². The maximum absolute atomic E-state index is 12.9. The van der Waals surface area contributed by atoms with Crippen LogP contribution in [0.4, 0.5) is 0 Å². The van der Waals surface area contributed by atoms with Crippen LogP contribution in [0.3, 0.4) is 0 Å². The minimum atomic E-state index is -0.577. The van der Waals surface area contributed by atoms with E-state index in [2.05, 4.69) is 29.8 Å². The van der Waals surface area contributed by atoms with Crippen LogP contribution in [0, 0.1) is 11.3 Å². The second-order valence-corrected chi connectivity index (χ2v) is 9.39. The third kappa shape index (κ3) is 5.81. The molecular weight excluding hydrogens is 408 g/mol. The molecule has 4 nitrogen and oxygen atoms in total. The predicted molar refractivity (Wildman–Crippen MR) is 109 cm³/mol. The monoisotopic (exact) mass is 438 g/mol. The Hall–Kier alpha value is -1.36. The molecule has 0 spiro atoms. The van der Waals surface area contributed by atoms with Crippen molar-refractivity contribution in [3.05, 3.63) is 34.2 Å². The number of ether oxygens (including phenoxy) is 1. The number of hydrogen-bond donors (Lipinski definition) is 0. The second kappa shape index (κ2) is 8.76. The normalized spacial score (nSPS) is 25.3. The van der Waals surface area contributed by atoms with Crippen molar-refractivity contribution in [3.63, 3.8) is 0 Å². The first kappa shape index (κ1) is 21.9. The highest BCUT2D eigenvalue weighted by molar-refractivity contribution is 9.10. The minimum absolute atomic E-state index is 0.0170. The van der Waals surface area contributed by atoms with E-state index >= 15 is 0 Å². The van der Waals surface area contributed by atoms with E-state index in [9.17, 15) is 9.59 Å². The molecule has 150 valence electrons. The third-order valence-electron chi connectivity index (χ3n) is 5.89. The predicted octanol–water partition coefficient (Wildman–Crippen LogP) is 6.03. The number of ketones is 1. The van der Waals surface area contributed by atoms with Gasteiger partial charge in [-0.2, -0.15) is 0 Å². The highest BCUT2D eigenvalue weighted by Crippen LogP contribution is 2.50. The van der Waals surface area contributed by atoms with E-state index in [4.69, 9.17) is 9.15 Å². The Kier molecular flexibility index (Phi) is 7.12. The van der Waals surface area contributed by atoms with Gasteiger partial charge in [-0.05, 0) is 84.5 Å². The molecule has 1 aromatic heterocycles. The number of allylic oxidation sites excluding steroid dienone is 2. The molecule has 0 radical (unpaired) electrons. The first-order valence-corrected chi connectivity index (χ1v) is 10.5. The summed E-state index contributed by atoms with van der Waals surface area (Å²) in [5, 5.41) is 0. The number of aryl methyl sites for hydroxylation is 1. The van der Waals surface area contributed by atoms with Gasteiger partial charge in [-0.3, -0.25) is 9.59 Å². The average molecular weight is 439 g/mol. The molecule has 2 unspecified atom stereocenters. The molecule has 0 N–H and O–H groups in total. The van der Waals surface area contributed by atoms with Crippen molar-refractivity contribution in [2.45, 2.75) is 78.7 Å². The summed E-state index contributed by atoms with van der Waals surface area (Å²) in [6.07, 6.45) is 8.63. The lowest BCUT2D eigenvalue weighted by atomic mass is 9.60. The molecule has 0 bridgehead atoms. The summed E-state index contributed by atoms with van der Waals surface area (Å²) in [4.78, 5) is 24.5. The summed E-state index contributed by atoms with van der Waals surface area (Å²) >= 11 is 3.30. The summed E-state index contributed by atoms with van der Waals surface area (Å²) in [5.41, 5.74) is 1.27. The number of carbonyl (C=O) groups excluding carboxylic acids is 2. The molecule has 5 heteroatoms. The number of furan rings is 1. The lowest BCUT2D eigenvalue weighted by molar-refractivity contribution is -0.176. The van der Waals surface area contributed by atoms with Gasteiger partial charge in [0.25, 0.3) is 0 Å². The zero-order valence-corrected chi connectivity index (χ0v) is 18.6. The highest BCUT2D eigenvalue weighted by atomic mass is 79.9. The average Bonchev–Trinajstić information content (AvgIpc) is 2.95. The van der Waals surface area contributed by atoms with Gasteiger partial charge in [0.15, 0.2) is 10.5 Å². The van der Waals surface area contributed by atoms with E-state index in [1.165, 1.54) is 6.92 Å². The zero-order chi connectivity index (χ0) is 20.2. The van der Waals surface area contributed by atoms with Crippen LogP contribution in [0.1, 0.15) is 72.3 Å². The second-order valence-electron chi connectivity index (χ2n) is 8.61. The molecule has 27 heavy (non-hydrogen) atoms. The summed E-state index contributed by atoms with van der Waals surface area (Å²) < 4.78 is 11.7. The molecule has 1 aliphatic carbocycles. The summed E-state index contributed by atoms with van der Waals surface area (Å²) in [6.45, 7) is 9.68. The van der Waals surface area contributed by atoms with Gasteiger partial charge in [-0.15, -0.1) is 0 Å². The van der Waals surface area contributed by atoms with Crippen molar-refractivity contribution in [2.24, 2.45) is 11.3 Å². The molecular formula is C22H31BrO4. The van der Waals surface area contributed by atoms with Gasteiger partial charge in [0.2, 0.25) is 0 Å². The van der Waals surface area contributed by atoms with Gasteiger partial charge < -0.3 is 9.15 Å². The summed E-state index contributed by atoms with van der Waals surface area (Å²) in [7, 11) is 0. The largest absolute Gasteiger partial charge is 0.459 e. The molecule has 1 saturated carbocycles. The minimum Gasteiger partial charge on any atom is -0.459 e. The Morgan fingerprint density at radius 1 is 1.30 bits per heavy atom. The maximum atomic E-state index is 12.9. The van der Waals surface area contributed by atoms with Crippen molar-refractivity contribution in [1.82, 2.24) is 0 Å². The van der Waals surface area contributed by atoms with Crippen LogP contribution in [0.25, 0.3) is 0 Å². The number of hydrogen-bond acceptors (Lipinski definition) is 4. The first-order chi connectivity index (χ1) is 12.5. The Bertz CT molecular complexity index is 716. The fourth-order valence-corrected chi connectivity index (χ4v) is 4.79. The van der Waals surface area contributed by atoms with Crippen molar-refractivity contribution in [2.75, 3.05) is 0 Å². The Morgan fingerprint density at radius 2 is 2.00 bits per heavy atom. The van der Waals surface area contributed by atoms with E-state index in [0.29, 0.717) is 6.42 Å². The maximum Gasteiger partial charge on any atom is 0.303 e. The lowest BCUT2D eigenvalue weighted by Crippen LogP contribution is -2.50. The topological polar surface area (TPSA) is 56.5 Å². The Morgan fingerprint density at radius 3 is 2.59 bits per heavy atom. The zero-order valence-electron chi connectivity index (χ0n) is 17.1. The van der Waals surface area contributed by atoms with E-state index in [-0.39, 0.29) is 23.1 Å². The number of rotatable bonds is 7. The fraction of sp³-hybridized carbons (Fsp3) is 0.636. The van der Waals surface area contributed by atoms with Crippen molar-refractivity contribution in [1.29, 1.82) is 0 Å². The Labute approximate surface area is 170 Å². The quantitative estimate of drug-likeness (QED) is 0.385. The SMILES string of the molecule is CC(=O)OC1(C)CCCC(C)(C)C1CC(=O)C(C)=CCCc1coc(Br)c1. The van der Waals surface area contributed by atoms with Crippen LogP contribution in [-0.2, 0) is 20.7 Å². The molecule has 1 aliphatic rings. The van der Waals surface area contributed by atoms with Crippen LogP contribution >= 0.6 is 15.9 Å². The van der Waals surface area contributed by atoms with Crippen molar-refractivity contribution >= 4 is 27.7 Å². The molecule has 0 aromatic carbocycles. The third-order valence-corrected chi connectivity index (χ3v) is 6.30. The molecule has 1 aromatic rings. The lowest BCUT2D eigenvalue weighted by Gasteiger charge is -2.49. The van der Waals surface area contributed by atoms with Crippen LogP contribution in [0.2, 0.25) is 0 Å². The van der Waals surface area contributed by atoms with Gasteiger partial charge >= 0.3 is 5.97 Å². The van der Waals surface area contributed by atoms with E-state index in [0.717, 1.165) is 47.9 Å². The molecule has 2 rings (SSSR count). The molecule has 0 saturated heterocycles. The van der Waals surface area contributed by atoms with E-state index in [1.54, 1.807) is 6.26 Å². The summed E-state index contributed by atoms with van der Waals surface area (Å²) in [6, 6.07) is 1.94. The highest BCUT2D eigenvalue weighted by Gasteiger charge is 2.49. The van der Waals surface area contributed by atoms with Crippen LogP contribution in [-0.4, -0.2) is 17.4 Å². The smallest absolute Gasteiger partial charge is 0.303 e. The molecule has 1 heterocycles. The fourth-order valence-electron chi connectivity index (χ4n) is 4.41. The van der Waals surface area contributed by atoms with Crippen molar-refractivity contribution < 1.29 is 18.7 Å². The van der Waals surface area contributed by atoms with Crippen LogP contribution in [0.5, 0.6) is 0 Å². The first-order valence-electron chi connectivity index (χ1n) is 9.66. The van der Waals surface area contributed by atoms with Gasteiger partial charge in [0, 0.05) is 19.3 Å². The molecule has 2 atom stereocenters. The number of Topliss-reactive ketones (excluding diaryl/α,β-unsaturated/α-hetero) is 1. The number of esters is 1. The van der Waals surface area contributed by atoms with Crippen LogP contribution in [0.15, 0.2) is 33.1 Å². The van der Waals surface area contributed by atoms with E-state index < -0.39 is 5.60 Å². The molecule has 0 aliphatic heterocycles. The van der Waals surface area contributed by atoms with E-state index in [1.807, 2.05) is 26.0 Å². The number of carbonyl (C=O) groups is 2.